The number of benzene rings is 1. The van der Waals surface area contributed by atoms with Crippen LogP contribution in [0.5, 0.6) is 5.75 Å². The summed E-state index contributed by atoms with van der Waals surface area (Å²) in [6.07, 6.45) is 0. The van der Waals surface area contributed by atoms with Crippen molar-refractivity contribution in [1.29, 1.82) is 0 Å². The van der Waals surface area contributed by atoms with Gasteiger partial charge < -0.3 is 9.72 Å². The number of hydrazine groups is 1. The first-order chi connectivity index (χ1) is 6.83. The number of methoxy groups -OCH3 is 1. The van der Waals surface area contributed by atoms with Crippen LogP contribution in [-0.4, -0.2) is 12.1 Å². The second-order valence-corrected chi connectivity index (χ2v) is 3.13. The van der Waals surface area contributed by atoms with E-state index in [9.17, 15) is 0 Å². The Labute approximate surface area is 82.0 Å². The summed E-state index contributed by atoms with van der Waals surface area (Å²) in [5, 5.41) is 1.16. The Morgan fingerprint density at radius 2 is 2.29 bits per heavy atom. The molecule has 4 N–H and O–H groups in total. The van der Waals surface area contributed by atoms with Crippen molar-refractivity contribution in [2.45, 2.75) is 6.54 Å². The highest BCUT2D eigenvalue weighted by atomic mass is 16.5. The molecule has 0 aliphatic rings. The van der Waals surface area contributed by atoms with Crippen molar-refractivity contribution < 1.29 is 4.74 Å². The number of hydrogen-bond donors (Lipinski definition) is 3. The average Bonchev–Trinajstić information content (AvgIpc) is 2.59. The molecule has 0 atom stereocenters. The molecule has 0 aliphatic carbocycles. The van der Waals surface area contributed by atoms with Gasteiger partial charge in [0.25, 0.3) is 0 Å². The van der Waals surface area contributed by atoms with Gasteiger partial charge in [-0.2, -0.15) is 0 Å². The topological polar surface area (TPSA) is 63.1 Å². The van der Waals surface area contributed by atoms with E-state index in [1.165, 1.54) is 0 Å². The second kappa shape index (κ2) is 3.69. The van der Waals surface area contributed by atoms with Gasteiger partial charge in [-0.3, -0.25) is 11.3 Å². The number of aromatic nitrogens is 1. The maximum Gasteiger partial charge on any atom is 0.120 e. The standard InChI is InChI=1S/C10H13N3O/c1-14-9-3-2-7-4-8(6-12-11)13-10(7)5-9/h2-5,12-13H,6,11H2,1H3. The Hall–Kier alpha value is -1.52. The summed E-state index contributed by atoms with van der Waals surface area (Å²) < 4.78 is 5.13. The van der Waals surface area contributed by atoms with Crippen LogP contribution in [0.3, 0.4) is 0 Å². The lowest BCUT2D eigenvalue weighted by molar-refractivity contribution is 0.415. The van der Waals surface area contributed by atoms with Crippen molar-refractivity contribution in [2.24, 2.45) is 5.84 Å². The molecule has 4 nitrogen and oxygen atoms in total. The molecule has 0 bridgehead atoms. The summed E-state index contributed by atoms with van der Waals surface area (Å²) in [5.74, 6) is 6.10. The fraction of sp³-hybridized carbons (Fsp3) is 0.200. The highest BCUT2D eigenvalue weighted by Gasteiger charge is 2.00. The van der Waals surface area contributed by atoms with Gasteiger partial charge in [0.2, 0.25) is 0 Å². The lowest BCUT2D eigenvalue weighted by Gasteiger charge is -1.97. The van der Waals surface area contributed by atoms with Crippen LogP contribution in [0, 0.1) is 0 Å². The Kier molecular flexibility index (Phi) is 2.39. The average molecular weight is 191 g/mol. The van der Waals surface area contributed by atoms with Crippen LogP contribution >= 0.6 is 0 Å². The summed E-state index contributed by atoms with van der Waals surface area (Å²) >= 11 is 0. The Bertz CT molecular complexity index is 436. The van der Waals surface area contributed by atoms with Gasteiger partial charge in [0, 0.05) is 23.8 Å². The third kappa shape index (κ3) is 1.57. The molecular weight excluding hydrogens is 178 g/mol. The van der Waals surface area contributed by atoms with E-state index in [0.717, 1.165) is 22.3 Å². The van der Waals surface area contributed by atoms with Crippen molar-refractivity contribution in [3.05, 3.63) is 30.0 Å². The molecule has 2 rings (SSSR count). The molecule has 0 saturated heterocycles. The van der Waals surface area contributed by atoms with E-state index in [0.29, 0.717) is 6.54 Å². The number of rotatable bonds is 3. The van der Waals surface area contributed by atoms with Crippen LogP contribution in [0.25, 0.3) is 10.9 Å². The third-order valence-corrected chi connectivity index (χ3v) is 2.18. The minimum absolute atomic E-state index is 0.636. The monoisotopic (exact) mass is 191 g/mol. The van der Waals surface area contributed by atoms with Crippen molar-refractivity contribution in [1.82, 2.24) is 10.4 Å². The lowest BCUT2D eigenvalue weighted by atomic mass is 10.2. The minimum Gasteiger partial charge on any atom is -0.497 e. The quantitative estimate of drug-likeness (QED) is 0.503. The molecular formula is C10H13N3O. The smallest absolute Gasteiger partial charge is 0.120 e. The van der Waals surface area contributed by atoms with Crippen LogP contribution in [0.4, 0.5) is 0 Å². The van der Waals surface area contributed by atoms with Crippen LogP contribution in [0.1, 0.15) is 5.69 Å². The van der Waals surface area contributed by atoms with Gasteiger partial charge in [0.05, 0.1) is 7.11 Å². The number of nitrogens with one attached hydrogen (secondary N) is 2. The lowest BCUT2D eigenvalue weighted by Crippen LogP contribution is -2.20. The SMILES string of the molecule is COc1ccc2cc(CNN)[nH]c2c1. The van der Waals surface area contributed by atoms with Gasteiger partial charge in [-0.1, -0.05) is 0 Å². The van der Waals surface area contributed by atoms with Crippen LogP contribution in [0.2, 0.25) is 0 Å². The fourth-order valence-electron chi connectivity index (χ4n) is 1.50. The summed E-state index contributed by atoms with van der Waals surface area (Å²) in [6.45, 7) is 0.636. The van der Waals surface area contributed by atoms with Crippen molar-refractivity contribution in [2.75, 3.05) is 7.11 Å². The van der Waals surface area contributed by atoms with Gasteiger partial charge in [0.15, 0.2) is 0 Å². The highest BCUT2D eigenvalue weighted by Crippen LogP contribution is 2.20. The number of H-pyrrole nitrogens is 1. The third-order valence-electron chi connectivity index (χ3n) is 2.18. The van der Waals surface area contributed by atoms with Gasteiger partial charge in [-0.15, -0.1) is 0 Å². The number of fused-ring (bicyclic) bond motifs is 1. The molecule has 1 aromatic carbocycles. The molecule has 2 aromatic rings. The van der Waals surface area contributed by atoms with E-state index in [1.54, 1.807) is 7.11 Å². The summed E-state index contributed by atoms with van der Waals surface area (Å²) in [6, 6.07) is 7.99. The molecule has 1 heterocycles. The zero-order valence-electron chi connectivity index (χ0n) is 8.00. The molecule has 14 heavy (non-hydrogen) atoms. The number of hydrogen-bond acceptors (Lipinski definition) is 3. The van der Waals surface area contributed by atoms with Crippen LogP contribution in [0.15, 0.2) is 24.3 Å². The van der Waals surface area contributed by atoms with Crippen LogP contribution in [-0.2, 0) is 6.54 Å². The van der Waals surface area contributed by atoms with E-state index in [-0.39, 0.29) is 0 Å². The molecule has 1 aromatic heterocycles. The van der Waals surface area contributed by atoms with Gasteiger partial charge in [-0.25, -0.2) is 0 Å². The van der Waals surface area contributed by atoms with E-state index < -0.39 is 0 Å². The van der Waals surface area contributed by atoms with E-state index in [2.05, 4.69) is 16.5 Å². The zero-order chi connectivity index (χ0) is 9.97. The maximum atomic E-state index is 5.24. The predicted molar refractivity (Wildman–Crippen MR) is 55.9 cm³/mol. The zero-order valence-corrected chi connectivity index (χ0v) is 8.00. The second-order valence-electron chi connectivity index (χ2n) is 3.13. The molecule has 0 saturated carbocycles. The van der Waals surface area contributed by atoms with E-state index in [1.807, 2.05) is 18.2 Å². The number of nitrogens with two attached hydrogens (primary N) is 1. The van der Waals surface area contributed by atoms with E-state index >= 15 is 0 Å². The first kappa shape index (κ1) is 9.05. The van der Waals surface area contributed by atoms with Gasteiger partial charge >= 0.3 is 0 Å². The molecule has 4 heteroatoms. The number of aromatic amines is 1. The van der Waals surface area contributed by atoms with Crippen molar-refractivity contribution in [3.63, 3.8) is 0 Å². The molecule has 0 radical (unpaired) electrons. The van der Waals surface area contributed by atoms with Crippen molar-refractivity contribution in [3.8, 4) is 5.75 Å². The van der Waals surface area contributed by atoms with Gasteiger partial charge in [0.1, 0.15) is 5.75 Å². The predicted octanol–water partition coefficient (Wildman–Crippen LogP) is 1.14. The van der Waals surface area contributed by atoms with Crippen LogP contribution < -0.4 is 16.0 Å². The molecule has 0 fully saturated rings. The van der Waals surface area contributed by atoms with Crippen molar-refractivity contribution >= 4 is 10.9 Å². The Balaban J connectivity index is 2.43. The molecule has 0 spiro atoms. The number of ether oxygens (including phenoxy) is 1. The van der Waals surface area contributed by atoms with Gasteiger partial charge in [-0.05, 0) is 23.6 Å². The summed E-state index contributed by atoms with van der Waals surface area (Å²) in [5.41, 5.74) is 4.74. The highest BCUT2D eigenvalue weighted by molar-refractivity contribution is 5.81. The largest absolute Gasteiger partial charge is 0.497 e. The molecule has 0 aliphatic heterocycles. The fourth-order valence-corrected chi connectivity index (χ4v) is 1.50. The normalized spacial score (nSPS) is 10.7. The first-order valence-electron chi connectivity index (χ1n) is 4.42. The minimum atomic E-state index is 0.636. The van der Waals surface area contributed by atoms with E-state index in [4.69, 9.17) is 10.6 Å². The Morgan fingerprint density at radius 3 is 3.00 bits per heavy atom. The molecule has 0 amide bonds. The summed E-state index contributed by atoms with van der Waals surface area (Å²) in [4.78, 5) is 3.25. The Morgan fingerprint density at radius 1 is 1.43 bits per heavy atom. The molecule has 74 valence electrons. The summed E-state index contributed by atoms with van der Waals surface area (Å²) in [7, 11) is 1.66. The molecule has 0 unspecified atom stereocenters. The first-order valence-corrected chi connectivity index (χ1v) is 4.42. The maximum absolute atomic E-state index is 5.24.